The van der Waals surface area contributed by atoms with E-state index in [0.29, 0.717) is 12.1 Å². The normalized spacial score (nSPS) is 18.3. The van der Waals surface area contributed by atoms with Crippen LogP contribution in [0, 0.1) is 6.92 Å². The maximum Gasteiger partial charge on any atom is 0.225 e. The molecule has 4 heteroatoms. The number of amides is 1. The van der Waals surface area contributed by atoms with E-state index in [4.69, 9.17) is 4.42 Å². The number of rotatable bonds is 2. The molecule has 0 spiro atoms. The minimum atomic E-state index is -0.0389. The summed E-state index contributed by atoms with van der Waals surface area (Å²) >= 11 is 0. The maximum atomic E-state index is 11.9. The summed E-state index contributed by atoms with van der Waals surface area (Å²) in [5, 5.41) is 12.6. The first-order valence-electron chi connectivity index (χ1n) is 6.89. The molecule has 1 aromatic heterocycles. The van der Waals surface area contributed by atoms with E-state index in [1.54, 1.807) is 12.3 Å². The van der Waals surface area contributed by atoms with Crippen molar-refractivity contribution in [1.82, 2.24) is 0 Å². The van der Waals surface area contributed by atoms with Crippen LogP contribution in [0.5, 0.6) is 5.75 Å². The van der Waals surface area contributed by atoms with Crippen LogP contribution in [0.1, 0.15) is 36.1 Å². The highest BCUT2D eigenvalue weighted by Gasteiger charge is 2.27. The smallest absolute Gasteiger partial charge is 0.225 e. The molecule has 0 aliphatic carbocycles. The Morgan fingerprint density at radius 2 is 2.29 bits per heavy atom. The zero-order valence-corrected chi connectivity index (χ0v) is 12.0. The third-order valence-electron chi connectivity index (χ3n) is 3.87. The Balaban J connectivity index is 2.04. The Labute approximate surface area is 123 Å². The van der Waals surface area contributed by atoms with Crippen LogP contribution in [0.4, 0.5) is 5.69 Å². The molecule has 0 saturated heterocycles. The molecule has 0 bridgehead atoms. The highest BCUT2D eigenvalue weighted by Crippen LogP contribution is 2.40. The highest BCUT2D eigenvalue weighted by atomic mass is 16.3. The van der Waals surface area contributed by atoms with Crippen LogP contribution in [0.15, 0.2) is 40.5 Å². The van der Waals surface area contributed by atoms with Crippen molar-refractivity contribution in [3.8, 4) is 5.75 Å². The van der Waals surface area contributed by atoms with E-state index in [-0.39, 0.29) is 17.6 Å². The molecule has 3 rings (SSSR count). The average Bonchev–Trinajstić information content (AvgIpc) is 2.92. The van der Waals surface area contributed by atoms with Crippen LogP contribution in [0.25, 0.3) is 6.08 Å². The number of carbonyl (C=O) groups excluding carboxylic acids is 1. The number of anilines is 1. The molecule has 21 heavy (non-hydrogen) atoms. The van der Waals surface area contributed by atoms with E-state index < -0.39 is 0 Å². The van der Waals surface area contributed by atoms with Gasteiger partial charge in [0.25, 0.3) is 0 Å². The summed E-state index contributed by atoms with van der Waals surface area (Å²) in [5.41, 5.74) is 3.59. The lowest BCUT2D eigenvalue weighted by molar-refractivity contribution is -0.116. The summed E-state index contributed by atoms with van der Waals surface area (Å²) in [4.78, 5) is 11.9. The summed E-state index contributed by atoms with van der Waals surface area (Å²) in [7, 11) is 0. The van der Waals surface area contributed by atoms with Crippen molar-refractivity contribution in [3.05, 3.63) is 53.0 Å². The molecule has 2 N–H and O–H groups in total. The van der Waals surface area contributed by atoms with Gasteiger partial charge in [0, 0.05) is 24.1 Å². The predicted octanol–water partition coefficient (Wildman–Crippen LogP) is 3.82. The van der Waals surface area contributed by atoms with Gasteiger partial charge in [-0.3, -0.25) is 4.79 Å². The first-order chi connectivity index (χ1) is 10.0. The zero-order chi connectivity index (χ0) is 15.0. The lowest BCUT2D eigenvalue weighted by atomic mass is 9.84. The summed E-state index contributed by atoms with van der Waals surface area (Å²) in [5.74, 6) is 0.930. The molecule has 2 aromatic rings. The second kappa shape index (κ2) is 5.13. The molecule has 1 aliphatic rings. The van der Waals surface area contributed by atoms with Crippen LogP contribution in [0.2, 0.25) is 0 Å². The van der Waals surface area contributed by atoms with Crippen molar-refractivity contribution in [2.75, 3.05) is 5.32 Å². The fraction of sp³-hybridized carbons (Fsp3) is 0.235. The summed E-state index contributed by atoms with van der Waals surface area (Å²) in [6.07, 6.45) is 3.98. The van der Waals surface area contributed by atoms with E-state index in [0.717, 1.165) is 22.5 Å². The number of furan rings is 1. The lowest BCUT2D eigenvalue weighted by Crippen LogP contribution is -2.23. The Morgan fingerprint density at radius 1 is 1.48 bits per heavy atom. The van der Waals surface area contributed by atoms with Gasteiger partial charge in [0.05, 0.1) is 6.26 Å². The molecule has 4 nitrogen and oxygen atoms in total. The SMILES string of the molecule is CC(=Cc1ccco1)C1CC(=O)Nc2cc(O)c(C)cc21. The molecular formula is C17H17NO3. The van der Waals surface area contributed by atoms with Crippen LogP contribution < -0.4 is 5.32 Å². The molecule has 1 amide bonds. The van der Waals surface area contributed by atoms with E-state index in [2.05, 4.69) is 5.32 Å². The molecule has 1 unspecified atom stereocenters. The molecule has 1 atom stereocenters. The van der Waals surface area contributed by atoms with Crippen LogP contribution in [-0.4, -0.2) is 11.0 Å². The van der Waals surface area contributed by atoms with Crippen LogP contribution in [0.3, 0.4) is 0 Å². The van der Waals surface area contributed by atoms with Crippen LogP contribution in [-0.2, 0) is 4.79 Å². The number of allylic oxidation sites excluding steroid dienone is 1. The fourth-order valence-electron chi connectivity index (χ4n) is 2.72. The molecule has 2 heterocycles. The Bertz CT molecular complexity index is 714. The number of phenols is 1. The van der Waals surface area contributed by atoms with Gasteiger partial charge < -0.3 is 14.8 Å². The van der Waals surface area contributed by atoms with E-state index in [1.165, 1.54) is 0 Å². The minimum Gasteiger partial charge on any atom is -0.508 e. The number of hydrogen-bond donors (Lipinski definition) is 2. The topological polar surface area (TPSA) is 62.5 Å². The predicted molar refractivity (Wildman–Crippen MR) is 81.2 cm³/mol. The first-order valence-corrected chi connectivity index (χ1v) is 6.89. The second-order valence-electron chi connectivity index (χ2n) is 5.43. The molecule has 108 valence electrons. The van der Waals surface area contributed by atoms with Crippen molar-refractivity contribution in [2.24, 2.45) is 0 Å². The number of benzene rings is 1. The molecule has 0 radical (unpaired) electrons. The van der Waals surface area contributed by atoms with Gasteiger partial charge in [-0.05, 0) is 49.2 Å². The third kappa shape index (κ3) is 2.57. The molecule has 0 saturated carbocycles. The van der Waals surface area contributed by atoms with Crippen molar-refractivity contribution in [1.29, 1.82) is 0 Å². The number of hydrogen-bond acceptors (Lipinski definition) is 3. The lowest BCUT2D eigenvalue weighted by Gasteiger charge is -2.27. The van der Waals surface area contributed by atoms with Gasteiger partial charge in [0.1, 0.15) is 11.5 Å². The monoisotopic (exact) mass is 283 g/mol. The summed E-state index contributed by atoms with van der Waals surface area (Å²) < 4.78 is 5.34. The number of aromatic hydroxyl groups is 1. The van der Waals surface area contributed by atoms with Crippen LogP contribution >= 0.6 is 0 Å². The van der Waals surface area contributed by atoms with Crippen molar-refractivity contribution >= 4 is 17.7 Å². The molecular weight excluding hydrogens is 266 g/mol. The van der Waals surface area contributed by atoms with Crippen molar-refractivity contribution in [3.63, 3.8) is 0 Å². The van der Waals surface area contributed by atoms with Gasteiger partial charge in [-0.25, -0.2) is 0 Å². The number of phenolic OH excluding ortho intramolecular Hbond substituents is 1. The van der Waals surface area contributed by atoms with E-state index >= 15 is 0 Å². The molecule has 1 aromatic carbocycles. The van der Waals surface area contributed by atoms with Gasteiger partial charge in [0.15, 0.2) is 0 Å². The first kappa shape index (κ1) is 13.5. The van der Waals surface area contributed by atoms with Gasteiger partial charge in [-0.1, -0.05) is 5.57 Å². The van der Waals surface area contributed by atoms with Gasteiger partial charge in [0.2, 0.25) is 5.91 Å². The third-order valence-corrected chi connectivity index (χ3v) is 3.87. The highest BCUT2D eigenvalue weighted by molar-refractivity contribution is 5.95. The zero-order valence-electron chi connectivity index (χ0n) is 12.0. The van der Waals surface area contributed by atoms with Crippen molar-refractivity contribution in [2.45, 2.75) is 26.2 Å². The molecule has 0 fully saturated rings. The number of nitrogens with one attached hydrogen (secondary N) is 1. The quantitative estimate of drug-likeness (QED) is 0.880. The Kier molecular flexibility index (Phi) is 3.29. The van der Waals surface area contributed by atoms with Gasteiger partial charge in [-0.15, -0.1) is 0 Å². The largest absolute Gasteiger partial charge is 0.508 e. The number of aryl methyl sites for hydroxylation is 1. The van der Waals surface area contributed by atoms with Crippen molar-refractivity contribution < 1.29 is 14.3 Å². The minimum absolute atomic E-state index is 0.00171. The maximum absolute atomic E-state index is 11.9. The fourth-order valence-corrected chi connectivity index (χ4v) is 2.72. The standard InChI is InChI=1S/C17H17NO3/c1-10(6-12-4-3-5-21-12)13-8-17(20)18-15-9-16(19)11(2)7-14(13)15/h3-7,9,13,19H,8H2,1-2H3,(H,18,20). The second-order valence-corrected chi connectivity index (χ2v) is 5.43. The molecule has 1 aliphatic heterocycles. The Hall–Kier alpha value is -2.49. The van der Waals surface area contributed by atoms with Gasteiger partial charge >= 0.3 is 0 Å². The number of fused-ring (bicyclic) bond motifs is 1. The van der Waals surface area contributed by atoms with Gasteiger partial charge in [-0.2, -0.15) is 0 Å². The average molecular weight is 283 g/mol. The Morgan fingerprint density at radius 3 is 3.00 bits per heavy atom. The summed E-state index contributed by atoms with van der Waals surface area (Å²) in [6.45, 7) is 3.85. The summed E-state index contributed by atoms with van der Waals surface area (Å²) in [6, 6.07) is 7.28. The van der Waals surface area contributed by atoms with E-state index in [1.807, 2.05) is 38.1 Å². The van der Waals surface area contributed by atoms with E-state index in [9.17, 15) is 9.90 Å². The number of carbonyl (C=O) groups is 1.